The summed E-state index contributed by atoms with van der Waals surface area (Å²) in [6.07, 6.45) is 2.09. The lowest BCUT2D eigenvalue weighted by molar-refractivity contribution is 0.524. The molecule has 86 valence electrons. The van der Waals surface area contributed by atoms with Gasteiger partial charge in [0.2, 0.25) is 0 Å². The van der Waals surface area contributed by atoms with Gasteiger partial charge in [-0.1, -0.05) is 0 Å². The minimum absolute atomic E-state index is 0.246. The van der Waals surface area contributed by atoms with Crippen LogP contribution in [-0.2, 0) is 6.42 Å². The van der Waals surface area contributed by atoms with Crippen molar-refractivity contribution in [3.8, 4) is 0 Å². The summed E-state index contributed by atoms with van der Waals surface area (Å²) in [4.78, 5) is 1.28. The van der Waals surface area contributed by atoms with Crippen molar-refractivity contribution < 1.29 is 0 Å². The molecule has 1 unspecified atom stereocenters. The number of halogens is 1. The zero-order valence-electron chi connectivity index (χ0n) is 8.65. The molecule has 0 aliphatic heterocycles. The molecule has 0 radical (unpaired) electrons. The van der Waals surface area contributed by atoms with Crippen molar-refractivity contribution in [2.45, 2.75) is 18.9 Å². The van der Waals surface area contributed by atoms with Gasteiger partial charge in [0.05, 0.1) is 6.04 Å². The fraction of sp³-hybridized carbons (Fsp3) is 0.273. The van der Waals surface area contributed by atoms with E-state index in [4.69, 9.17) is 5.84 Å². The Bertz CT molecular complexity index is 425. The molecule has 0 fully saturated rings. The molecule has 16 heavy (non-hydrogen) atoms. The highest BCUT2D eigenvalue weighted by Crippen LogP contribution is 2.28. The summed E-state index contributed by atoms with van der Waals surface area (Å²) in [5.74, 6) is 5.60. The Hall–Kier alpha value is -0.200. The Morgan fingerprint density at radius 3 is 2.88 bits per heavy atom. The van der Waals surface area contributed by atoms with Crippen molar-refractivity contribution in [3.63, 3.8) is 0 Å². The maximum atomic E-state index is 5.60. The molecule has 0 bridgehead atoms. The van der Waals surface area contributed by atoms with Crippen LogP contribution in [0.15, 0.2) is 32.7 Å². The van der Waals surface area contributed by atoms with Crippen molar-refractivity contribution in [3.05, 3.63) is 43.2 Å². The number of nitrogens with one attached hydrogen (secondary N) is 1. The third-order valence-electron chi connectivity index (χ3n) is 2.43. The highest BCUT2D eigenvalue weighted by Gasteiger charge is 2.11. The number of hydrogen-bond acceptors (Lipinski definition) is 4. The van der Waals surface area contributed by atoms with E-state index in [1.807, 2.05) is 0 Å². The molecule has 0 aliphatic rings. The first-order chi connectivity index (χ1) is 7.79. The quantitative estimate of drug-likeness (QED) is 0.652. The number of aryl methyl sites for hydroxylation is 1. The van der Waals surface area contributed by atoms with E-state index in [0.717, 1.165) is 17.3 Å². The van der Waals surface area contributed by atoms with Gasteiger partial charge < -0.3 is 0 Å². The van der Waals surface area contributed by atoms with Crippen LogP contribution in [0.1, 0.15) is 22.9 Å². The summed E-state index contributed by atoms with van der Waals surface area (Å²) in [7, 11) is 0. The highest BCUT2D eigenvalue weighted by molar-refractivity contribution is 9.10. The Morgan fingerprint density at radius 1 is 1.44 bits per heavy atom. The van der Waals surface area contributed by atoms with E-state index in [2.05, 4.69) is 49.6 Å². The third-order valence-corrected chi connectivity index (χ3v) is 4.97. The SMILES string of the molecule is NNC(CCc1ccsc1)c1cc(Br)cs1. The predicted octanol–water partition coefficient (Wildman–Crippen LogP) is 3.71. The average Bonchev–Trinajstić information content (AvgIpc) is 2.91. The van der Waals surface area contributed by atoms with Crippen LogP contribution in [0.2, 0.25) is 0 Å². The second-order valence-electron chi connectivity index (χ2n) is 3.56. The lowest BCUT2D eigenvalue weighted by Gasteiger charge is -2.13. The molecule has 3 N–H and O–H groups in total. The van der Waals surface area contributed by atoms with Crippen LogP contribution in [0.4, 0.5) is 0 Å². The van der Waals surface area contributed by atoms with E-state index in [-0.39, 0.29) is 6.04 Å². The molecule has 0 aromatic carbocycles. The Kier molecular flexibility index (Phi) is 4.55. The number of rotatable bonds is 5. The number of hydrazine groups is 1. The molecule has 1 atom stereocenters. The molecular formula is C11H13BrN2S2. The van der Waals surface area contributed by atoms with Gasteiger partial charge in [-0.2, -0.15) is 11.3 Å². The Labute approximate surface area is 112 Å². The number of hydrogen-bond donors (Lipinski definition) is 2. The summed E-state index contributed by atoms with van der Waals surface area (Å²) in [6.45, 7) is 0. The molecule has 2 aromatic heterocycles. The maximum absolute atomic E-state index is 5.60. The molecule has 2 nitrogen and oxygen atoms in total. The van der Waals surface area contributed by atoms with Gasteiger partial charge >= 0.3 is 0 Å². The van der Waals surface area contributed by atoms with E-state index in [1.54, 1.807) is 22.7 Å². The van der Waals surface area contributed by atoms with Crippen LogP contribution in [0.25, 0.3) is 0 Å². The molecule has 2 aromatic rings. The van der Waals surface area contributed by atoms with Crippen molar-refractivity contribution >= 4 is 38.6 Å². The van der Waals surface area contributed by atoms with Crippen LogP contribution in [0, 0.1) is 0 Å². The molecule has 0 spiro atoms. The van der Waals surface area contributed by atoms with Crippen molar-refractivity contribution in [1.82, 2.24) is 5.43 Å². The first-order valence-electron chi connectivity index (χ1n) is 5.00. The average molecular weight is 317 g/mol. The van der Waals surface area contributed by atoms with Crippen LogP contribution < -0.4 is 11.3 Å². The lowest BCUT2D eigenvalue weighted by Crippen LogP contribution is -2.27. The van der Waals surface area contributed by atoms with E-state index in [1.165, 1.54) is 10.4 Å². The van der Waals surface area contributed by atoms with E-state index < -0.39 is 0 Å². The molecule has 2 heterocycles. The summed E-state index contributed by atoms with van der Waals surface area (Å²) in [5.41, 5.74) is 4.28. The summed E-state index contributed by atoms with van der Waals surface area (Å²) in [6, 6.07) is 4.54. The van der Waals surface area contributed by atoms with Gasteiger partial charge in [0.25, 0.3) is 0 Å². The Balaban J connectivity index is 1.96. The van der Waals surface area contributed by atoms with Crippen LogP contribution in [-0.4, -0.2) is 0 Å². The minimum atomic E-state index is 0.246. The standard InChI is InChI=1S/C11H13BrN2S2/c12-9-5-11(16-7-9)10(14-13)2-1-8-3-4-15-6-8/h3-7,10,14H,1-2,13H2. The van der Waals surface area contributed by atoms with Crippen molar-refractivity contribution in [1.29, 1.82) is 0 Å². The van der Waals surface area contributed by atoms with E-state index in [0.29, 0.717) is 0 Å². The van der Waals surface area contributed by atoms with Crippen LogP contribution in [0.5, 0.6) is 0 Å². The largest absolute Gasteiger partial charge is 0.271 e. The van der Waals surface area contributed by atoms with Gasteiger partial charge in [-0.3, -0.25) is 11.3 Å². The normalized spacial score (nSPS) is 12.9. The summed E-state index contributed by atoms with van der Waals surface area (Å²) in [5, 5.41) is 6.39. The molecule has 0 saturated carbocycles. The van der Waals surface area contributed by atoms with Gasteiger partial charge in [-0.05, 0) is 57.2 Å². The van der Waals surface area contributed by atoms with Crippen molar-refractivity contribution in [2.75, 3.05) is 0 Å². The van der Waals surface area contributed by atoms with Gasteiger partial charge in [0.1, 0.15) is 0 Å². The van der Waals surface area contributed by atoms with Gasteiger partial charge in [0.15, 0.2) is 0 Å². The second kappa shape index (κ2) is 5.93. The van der Waals surface area contributed by atoms with Crippen molar-refractivity contribution in [2.24, 2.45) is 5.84 Å². The number of nitrogens with two attached hydrogens (primary N) is 1. The van der Waals surface area contributed by atoms with Crippen LogP contribution >= 0.6 is 38.6 Å². The minimum Gasteiger partial charge on any atom is -0.271 e. The molecule has 0 amide bonds. The van der Waals surface area contributed by atoms with Crippen LogP contribution in [0.3, 0.4) is 0 Å². The van der Waals surface area contributed by atoms with Gasteiger partial charge in [-0.15, -0.1) is 11.3 Å². The van der Waals surface area contributed by atoms with E-state index >= 15 is 0 Å². The molecular weight excluding hydrogens is 304 g/mol. The number of thiophene rings is 2. The predicted molar refractivity (Wildman–Crippen MR) is 74.7 cm³/mol. The van der Waals surface area contributed by atoms with E-state index in [9.17, 15) is 0 Å². The zero-order valence-corrected chi connectivity index (χ0v) is 11.9. The molecule has 5 heteroatoms. The summed E-state index contributed by atoms with van der Waals surface area (Å²) < 4.78 is 1.13. The van der Waals surface area contributed by atoms with Gasteiger partial charge in [-0.25, -0.2) is 0 Å². The zero-order chi connectivity index (χ0) is 11.4. The molecule has 0 aliphatic carbocycles. The van der Waals surface area contributed by atoms with Gasteiger partial charge in [0, 0.05) is 14.7 Å². The monoisotopic (exact) mass is 316 g/mol. The first kappa shape index (κ1) is 12.3. The third kappa shape index (κ3) is 3.15. The molecule has 2 rings (SSSR count). The fourth-order valence-corrected chi connectivity index (χ4v) is 3.81. The fourth-order valence-electron chi connectivity index (χ4n) is 1.56. The maximum Gasteiger partial charge on any atom is 0.0556 e. The Morgan fingerprint density at radius 2 is 2.31 bits per heavy atom. The smallest absolute Gasteiger partial charge is 0.0556 e. The first-order valence-corrected chi connectivity index (χ1v) is 7.62. The highest BCUT2D eigenvalue weighted by atomic mass is 79.9. The second-order valence-corrected chi connectivity index (χ2v) is 6.20. The topological polar surface area (TPSA) is 38.0 Å². The molecule has 0 saturated heterocycles. The summed E-state index contributed by atoms with van der Waals surface area (Å²) >= 11 is 6.94. The lowest BCUT2D eigenvalue weighted by atomic mass is 10.1.